The summed E-state index contributed by atoms with van der Waals surface area (Å²) in [5.41, 5.74) is -0.00425. The molecule has 2 heterocycles. The van der Waals surface area contributed by atoms with Gasteiger partial charge in [0.15, 0.2) is 11.5 Å². The van der Waals surface area contributed by atoms with E-state index < -0.39 is 29.1 Å². The fourth-order valence-electron chi connectivity index (χ4n) is 3.97. The third-order valence-electron chi connectivity index (χ3n) is 5.48. The number of nitrogens with zero attached hydrogens (tertiary/aromatic N) is 1. The van der Waals surface area contributed by atoms with Gasteiger partial charge in [-0.3, -0.25) is 4.79 Å². The first-order valence-electron chi connectivity index (χ1n) is 10.2. The Kier molecular flexibility index (Phi) is 5.20. The number of benzene rings is 3. The van der Waals surface area contributed by atoms with E-state index in [0.29, 0.717) is 44.0 Å². The second kappa shape index (κ2) is 8.08. The number of rotatable bonds is 3. The molecule has 0 spiro atoms. The van der Waals surface area contributed by atoms with E-state index in [1.165, 1.54) is 18.2 Å². The molecule has 0 saturated carbocycles. The Morgan fingerprint density at radius 3 is 1.79 bits per heavy atom. The number of ether oxygens (including phenoxy) is 3. The molecule has 1 fully saturated rings. The molecule has 33 heavy (non-hydrogen) atoms. The molecule has 3 aromatic carbocycles. The standard InChI is InChI=1S/C24H17F4NO4/c25-17-8-15(9-18(26)12-17)24(16-10-19(27)13-20(28)11-16)32-21-2-1-14(7-22(21)33-24)23(30)29-3-5-31-6-4-29/h1-2,7-13H,3-6H2. The fourth-order valence-corrected chi connectivity index (χ4v) is 3.97. The van der Waals surface area contributed by atoms with E-state index in [0.717, 1.165) is 24.3 Å². The van der Waals surface area contributed by atoms with E-state index in [1.54, 1.807) is 4.90 Å². The average Bonchev–Trinajstić information content (AvgIpc) is 3.18. The highest BCUT2D eigenvalue weighted by Gasteiger charge is 2.47. The number of hydrogen-bond donors (Lipinski definition) is 0. The molecule has 5 nitrogen and oxygen atoms in total. The molecule has 0 atom stereocenters. The number of amides is 1. The smallest absolute Gasteiger partial charge is 0.306 e. The van der Waals surface area contributed by atoms with Crippen molar-refractivity contribution in [1.82, 2.24) is 4.90 Å². The van der Waals surface area contributed by atoms with Crippen LogP contribution < -0.4 is 9.47 Å². The predicted octanol–water partition coefficient (Wildman–Crippen LogP) is 4.39. The maximum Gasteiger partial charge on any atom is 0.306 e. The van der Waals surface area contributed by atoms with Crippen molar-refractivity contribution in [3.05, 3.63) is 94.6 Å². The van der Waals surface area contributed by atoms with Crippen LogP contribution in [0.3, 0.4) is 0 Å². The van der Waals surface area contributed by atoms with Gasteiger partial charge in [0, 0.05) is 41.9 Å². The Labute approximate surface area is 186 Å². The zero-order chi connectivity index (χ0) is 23.2. The summed E-state index contributed by atoms with van der Waals surface area (Å²) in [5.74, 6) is -5.79. The van der Waals surface area contributed by atoms with Crippen molar-refractivity contribution in [2.75, 3.05) is 26.3 Å². The molecule has 0 aromatic heterocycles. The van der Waals surface area contributed by atoms with Gasteiger partial charge in [0.05, 0.1) is 13.2 Å². The van der Waals surface area contributed by atoms with Crippen molar-refractivity contribution in [3.63, 3.8) is 0 Å². The largest absolute Gasteiger partial charge is 0.440 e. The minimum Gasteiger partial charge on any atom is -0.440 e. The summed E-state index contributed by atoms with van der Waals surface area (Å²) in [6, 6.07) is 9.56. The molecule has 2 aliphatic rings. The third kappa shape index (κ3) is 3.89. The first-order chi connectivity index (χ1) is 15.8. The van der Waals surface area contributed by atoms with E-state index in [4.69, 9.17) is 14.2 Å². The Morgan fingerprint density at radius 2 is 1.24 bits per heavy atom. The molecule has 0 radical (unpaired) electrons. The van der Waals surface area contributed by atoms with Gasteiger partial charge in [-0.2, -0.15) is 0 Å². The summed E-state index contributed by atoms with van der Waals surface area (Å²) in [5, 5.41) is 0. The molecule has 0 N–H and O–H groups in total. The van der Waals surface area contributed by atoms with Crippen LogP contribution in [0.2, 0.25) is 0 Å². The highest BCUT2D eigenvalue weighted by Crippen LogP contribution is 2.48. The zero-order valence-electron chi connectivity index (χ0n) is 17.1. The summed E-state index contributed by atoms with van der Waals surface area (Å²) in [4.78, 5) is 14.5. The van der Waals surface area contributed by atoms with E-state index in [-0.39, 0.29) is 28.5 Å². The van der Waals surface area contributed by atoms with Crippen LogP contribution in [0, 0.1) is 23.3 Å². The van der Waals surface area contributed by atoms with Crippen LogP contribution in [0.1, 0.15) is 21.5 Å². The minimum atomic E-state index is -2.07. The van der Waals surface area contributed by atoms with E-state index in [9.17, 15) is 22.4 Å². The van der Waals surface area contributed by atoms with Crippen LogP contribution in [-0.2, 0) is 10.5 Å². The van der Waals surface area contributed by atoms with Crippen LogP contribution >= 0.6 is 0 Å². The molecule has 170 valence electrons. The first kappa shape index (κ1) is 21.3. The van der Waals surface area contributed by atoms with E-state index >= 15 is 0 Å². The lowest BCUT2D eigenvalue weighted by Gasteiger charge is -2.29. The van der Waals surface area contributed by atoms with Gasteiger partial charge in [-0.1, -0.05) is 0 Å². The molecule has 3 aromatic rings. The number of halogens is 4. The Balaban J connectivity index is 1.59. The quantitative estimate of drug-likeness (QED) is 0.546. The van der Waals surface area contributed by atoms with Crippen LogP contribution in [0.5, 0.6) is 11.5 Å². The Bertz CT molecular complexity index is 1150. The SMILES string of the molecule is O=C(c1ccc2c(c1)OC(c1cc(F)cc(F)c1)(c1cc(F)cc(F)c1)O2)N1CCOCC1. The molecule has 9 heteroatoms. The van der Waals surface area contributed by atoms with Crippen molar-refractivity contribution in [2.45, 2.75) is 5.79 Å². The maximum absolute atomic E-state index is 14.1. The summed E-state index contributed by atoms with van der Waals surface area (Å²) >= 11 is 0. The van der Waals surface area contributed by atoms with E-state index in [1.807, 2.05) is 0 Å². The Hall–Kier alpha value is -3.59. The lowest BCUT2D eigenvalue weighted by atomic mass is 9.96. The van der Waals surface area contributed by atoms with Crippen molar-refractivity contribution >= 4 is 5.91 Å². The normalized spacial score (nSPS) is 16.7. The zero-order valence-corrected chi connectivity index (χ0v) is 17.1. The maximum atomic E-state index is 14.1. The second-order valence-corrected chi connectivity index (χ2v) is 7.70. The van der Waals surface area contributed by atoms with Gasteiger partial charge in [-0.05, 0) is 42.5 Å². The molecular weight excluding hydrogens is 442 g/mol. The van der Waals surface area contributed by atoms with E-state index in [2.05, 4.69) is 0 Å². The highest BCUT2D eigenvalue weighted by molar-refractivity contribution is 5.95. The predicted molar refractivity (Wildman–Crippen MR) is 108 cm³/mol. The fraction of sp³-hybridized carbons (Fsp3) is 0.208. The molecule has 1 saturated heterocycles. The number of morpholine rings is 1. The lowest BCUT2D eigenvalue weighted by Crippen LogP contribution is -2.40. The van der Waals surface area contributed by atoms with Gasteiger partial charge in [-0.25, -0.2) is 17.6 Å². The van der Waals surface area contributed by atoms with Gasteiger partial charge >= 0.3 is 5.79 Å². The van der Waals surface area contributed by atoms with Crippen molar-refractivity contribution in [2.24, 2.45) is 0 Å². The van der Waals surface area contributed by atoms with Crippen LogP contribution in [0.4, 0.5) is 17.6 Å². The van der Waals surface area contributed by atoms with Crippen molar-refractivity contribution in [1.29, 1.82) is 0 Å². The van der Waals surface area contributed by atoms with Gasteiger partial charge < -0.3 is 19.1 Å². The lowest BCUT2D eigenvalue weighted by molar-refractivity contribution is -0.0468. The van der Waals surface area contributed by atoms with Crippen LogP contribution in [0.15, 0.2) is 54.6 Å². The molecular formula is C24H17F4NO4. The van der Waals surface area contributed by atoms with Gasteiger partial charge in [0.1, 0.15) is 23.3 Å². The van der Waals surface area contributed by atoms with Gasteiger partial charge in [0.25, 0.3) is 5.91 Å². The van der Waals surface area contributed by atoms with Crippen LogP contribution in [0.25, 0.3) is 0 Å². The summed E-state index contributed by atoms with van der Waals surface area (Å²) in [6.45, 7) is 1.72. The van der Waals surface area contributed by atoms with Crippen LogP contribution in [-0.4, -0.2) is 37.1 Å². The highest BCUT2D eigenvalue weighted by atomic mass is 19.1. The second-order valence-electron chi connectivity index (χ2n) is 7.70. The molecule has 5 rings (SSSR count). The van der Waals surface area contributed by atoms with Crippen molar-refractivity contribution in [3.8, 4) is 11.5 Å². The summed E-state index contributed by atoms with van der Waals surface area (Å²) in [7, 11) is 0. The first-order valence-corrected chi connectivity index (χ1v) is 10.2. The number of carbonyl (C=O) groups excluding carboxylic acids is 1. The van der Waals surface area contributed by atoms with Gasteiger partial charge in [0.2, 0.25) is 0 Å². The Morgan fingerprint density at radius 1 is 0.727 bits per heavy atom. The topological polar surface area (TPSA) is 48.0 Å². The summed E-state index contributed by atoms with van der Waals surface area (Å²) < 4.78 is 73.5. The monoisotopic (exact) mass is 459 g/mol. The average molecular weight is 459 g/mol. The molecule has 0 aliphatic carbocycles. The minimum absolute atomic E-state index is 0.0865. The molecule has 1 amide bonds. The third-order valence-corrected chi connectivity index (χ3v) is 5.48. The number of carbonyl (C=O) groups is 1. The summed E-state index contributed by atoms with van der Waals surface area (Å²) in [6.07, 6.45) is 0. The number of fused-ring (bicyclic) bond motifs is 1. The molecule has 0 bridgehead atoms. The van der Waals surface area contributed by atoms with Crippen molar-refractivity contribution < 1.29 is 36.6 Å². The molecule has 2 aliphatic heterocycles. The molecule has 0 unspecified atom stereocenters. The number of hydrogen-bond acceptors (Lipinski definition) is 4. The van der Waals surface area contributed by atoms with Gasteiger partial charge in [-0.15, -0.1) is 0 Å².